The van der Waals surface area contributed by atoms with E-state index in [1.54, 1.807) is 0 Å². The number of hydrogen-bond donors (Lipinski definition) is 0. The fourth-order valence-electron chi connectivity index (χ4n) is 5.36. The molecule has 1 atom stereocenters. The normalized spacial score (nSPS) is 21.7. The Labute approximate surface area is 195 Å². The number of rotatable bonds is 5. The van der Waals surface area contributed by atoms with E-state index in [0.717, 1.165) is 32.1 Å². The van der Waals surface area contributed by atoms with E-state index in [0.29, 0.717) is 37.5 Å². The second-order valence-electron chi connectivity index (χ2n) is 9.40. The highest BCUT2D eigenvalue weighted by molar-refractivity contribution is 7.89. The first-order valence-electron chi connectivity index (χ1n) is 11.9. The van der Waals surface area contributed by atoms with Crippen molar-refractivity contribution in [1.29, 1.82) is 5.26 Å². The molecule has 2 aromatic rings. The minimum Gasteiger partial charge on any atom is -0.332 e. The molecule has 5 rings (SSSR count). The third-order valence-electron chi connectivity index (χ3n) is 7.29. The van der Waals surface area contributed by atoms with Gasteiger partial charge in [0, 0.05) is 25.0 Å². The molecule has 1 saturated heterocycles. The predicted octanol–water partition coefficient (Wildman–Crippen LogP) is 4.03. The molecule has 1 aliphatic heterocycles. The number of sulfonamides is 1. The average molecular weight is 464 g/mol. The van der Waals surface area contributed by atoms with Gasteiger partial charge in [-0.25, -0.2) is 8.42 Å². The second-order valence-corrected chi connectivity index (χ2v) is 11.3. The molecule has 0 radical (unpaired) electrons. The molecule has 2 aliphatic carbocycles. The van der Waals surface area contributed by atoms with E-state index < -0.39 is 10.0 Å². The monoisotopic (exact) mass is 463 g/mol. The zero-order valence-electron chi connectivity index (χ0n) is 18.7. The summed E-state index contributed by atoms with van der Waals surface area (Å²) in [4.78, 5) is 16.1. The van der Waals surface area contributed by atoms with Gasteiger partial charge < -0.3 is 4.90 Å². The third-order valence-corrected chi connectivity index (χ3v) is 9.21. The number of aryl methyl sites for hydroxylation is 1. The lowest BCUT2D eigenvalue weighted by atomic mass is 9.85. The van der Waals surface area contributed by atoms with Gasteiger partial charge in [0.05, 0.1) is 22.6 Å². The van der Waals surface area contributed by atoms with Crippen LogP contribution in [-0.4, -0.2) is 42.7 Å². The number of benzene rings is 2. The number of carbonyl (C=O) groups excluding carboxylic acids is 1. The van der Waals surface area contributed by atoms with Gasteiger partial charge in [-0.3, -0.25) is 4.79 Å². The van der Waals surface area contributed by atoms with Crippen LogP contribution in [0.2, 0.25) is 0 Å². The summed E-state index contributed by atoms with van der Waals surface area (Å²) in [7, 11) is -3.62. The van der Waals surface area contributed by atoms with Crippen molar-refractivity contribution >= 4 is 15.9 Å². The van der Waals surface area contributed by atoms with Crippen LogP contribution in [0.4, 0.5) is 0 Å². The smallest absolute Gasteiger partial charge is 0.243 e. The molecule has 1 heterocycles. The number of hydrogen-bond acceptors (Lipinski definition) is 4. The summed E-state index contributed by atoms with van der Waals surface area (Å²) in [5.41, 5.74) is 3.09. The van der Waals surface area contributed by atoms with Crippen molar-refractivity contribution < 1.29 is 13.2 Å². The summed E-state index contributed by atoms with van der Waals surface area (Å²) in [6.45, 7) is 0.691. The molecule has 0 N–H and O–H groups in total. The molecule has 0 spiro atoms. The molecule has 33 heavy (non-hydrogen) atoms. The molecule has 0 aromatic heterocycles. The lowest BCUT2D eigenvalue weighted by molar-refractivity contribution is -0.140. The number of piperidine rings is 1. The van der Waals surface area contributed by atoms with Crippen molar-refractivity contribution in [2.45, 2.75) is 61.9 Å². The van der Waals surface area contributed by atoms with Crippen molar-refractivity contribution in [3.63, 3.8) is 0 Å². The van der Waals surface area contributed by atoms with Crippen LogP contribution < -0.4 is 0 Å². The molecule has 1 amide bonds. The summed E-state index contributed by atoms with van der Waals surface area (Å²) in [5.74, 6) is 0.0710. The largest absolute Gasteiger partial charge is 0.332 e. The summed E-state index contributed by atoms with van der Waals surface area (Å²) < 4.78 is 27.6. The Bertz CT molecular complexity index is 1170. The highest BCUT2D eigenvalue weighted by Gasteiger charge is 2.43. The fraction of sp³-hybridized carbons (Fsp3) is 0.462. The molecule has 0 bridgehead atoms. The average Bonchev–Trinajstić information content (AvgIpc) is 3.69. The van der Waals surface area contributed by atoms with E-state index in [2.05, 4.69) is 29.2 Å². The van der Waals surface area contributed by atoms with Crippen LogP contribution in [-0.2, 0) is 21.2 Å². The number of amides is 1. The van der Waals surface area contributed by atoms with Gasteiger partial charge in [0.25, 0.3) is 0 Å². The molecule has 7 heteroatoms. The maximum Gasteiger partial charge on any atom is 0.243 e. The molecule has 1 unspecified atom stereocenters. The lowest BCUT2D eigenvalue weighted by Crippen LogP contribution is -2.46. The van der Waals surface area contributed by atoms with Gasteiger partial charge in [0.15, 0.2) is 0 Å². The van der Waals surface area contributed by atoms with Crippen LogP contribution in [0.25, 0.3) is 0 Å². The lowest BCUT2D eigenvalue weighted by Gasteiger charge is -2.40. The van der Waals surface area contributed by atoms with E-state index in [4.69, 9.17) is 5.26 Å². The fourth-order valence-corrected chi connectivity index (χ4v) is 6.83. The van der Waals surface area contributed by atoms with Crippen molar-refractivity contribution in [3.8, 4) is 6.07 Å². The summed E-state index contributed by atoms with van der Waals surface area (Å²) >= 11 is 0. The Morgan fingerprint density at radius 1 is 0.970 bits per heavy atom. The Kier molecular flexibility index (Phi) is 5.98. The van der Waals surface area contributed by atoms with E-state index in [1.165, 1.54) is 39.7 Å². The third kappa shape index (κ3) is 4.30. The van der Waals surface area contributed by atoms with Gasteiger partial charge in [0.1, 0.15) is 0 Å². The summed E-state index contributed by atoms with van der Waals surface area (Å²) in [5, 5.41) is 8.95. The summed E-state index contributed by atoms with van der Waals surface area (Å²) in [6.07, 6.45) is 6.40. The van der Waals surface area contributed by atoms with E-state index in [1.807, 2.05) is 6.07 Å². The molecule has 1 saturated carbocycles. The molecule has 3 aliphatic rings. The van der Waals surface area contributed by atoms with E-state index in [-0.39, 0.29) is 22.8 Å². The van der Waals surface area contributed by atoms with E-state index in [9.17, 15) is 13.2 Å². The Balaban J connectivity index is 1.29. The molecule has 2 aromatic carbocycles. The molecular formula is C26H29N3O3S. The zero-order valence-corrected chi connectivity index (χ0v) is 19.5. The van der Waals surface area contributed by atoms with Crippen LogP contribution in [0, 0.1) is 17.2 Å². The van der Waals surface area contributed by atoms with Gasteiger partial charge in [-0.05, 0) is 80.3 Å². The minimum absolute atomic E-state index is 0.132. The first-order valence-corrected chi connectivity index (χ1v) is 13.3. The van der Waals surface area contributed by atoms with Crippen molar-refractivity contribution in [2.24, 2.45) is 5.92 Å². The Morgan fingerprint density at radius 3 is 2.33 bits per heavy atom. The molecule has 6 nitrogen and oxygen atoms in total. The first-order chi connectivity index (χ1) is 16.0. The highest BCUT2D eigenvalue weighted by atomic mass is 32.2. The number of nitrogens with zero attached hydrogens (tertiary/aromatic N) is 3. The maximum atomic E-state index is 13.7. The van der Waals surface area contributed by atoms with Crippen LogP contribution in [0.1, 0.15) is 61.3 Å². The number of fused-ring (bicyclic) bond motifs is 1. The quantitative estimate of drug-likeness (QED) is 0.670. The molecule has 172 valence electrons. The van der Waals surface area contributed by atoms with Crippen molar-refractivity contribution in [2.75, 3.05) is 13.1 Å². The standard InChI is InChI=1S/C26H29N3O3S/c27-18-19-8-12-23(13-9-19)33(31,32)28-16-14-21(15-17-28)26(30)29(22-10-11-22)25-7-3-5-20-4-1-2-6-24(20)25/h1-2,4,6,8-9,12-13,21-22,25H,3,5,7,10-11,14-17H2. The van der Waals surface area contributed by atoms with E-state index >= 15 is 0 Å². The predicted molar refractivity (Wildman–Crippen MR) is 125 cm³/mol. The van der Waals surface area contributed by atoms with Gasteiger partial charge in [0.2, 0.25) is 15.9 Å². The van der Waals surface area contributed by atoms with Crippen molar-refractivity contribution in [1.82, 2.24) is 9.21 Å². The van der Waals surface area contributed by atoms with Crippen LogP contribution in [0.15, 0.2) is 53.4 Å². The summed E-state index contributed by atoms with van der Waals surface area (Å²) in [6, 6.07) is 17.0. The van der Waals surface area contributed by atoms with Gasteiger partial charge >= 0.3 is 0 Å². The second kappa shape index (κ2) is 8.92. The minimum atomic E-state index is -3.62. The highest BCUT2D eigenvalue weighted by Crippen LogP contribution is 2.42. The van der Waals surface area contributed by atoms with Crippen molar-refractivity contribution in [3.05, 3.63) is 65.2 Å². The first kappa shape index (κ1) is 22.1. The molecular weight excluding hydrogens is 434 g/mol. The molecule has 2 fully saturated rings. The van der Waals surface area contributed by atoms with Crippen LogP contribution in [0.5, 0.6) is 0 Å². The van der Waals surface area contributed by atoms with Crippen LogP contribution >= 0.6 is 0 Å². The topological polar surface area (TPSA) is 81.5 Å². The Hall–Kier alpha value is -2.69. The van der Waals surface area contributed by atoms with Gasteiger partial charge in [-0.15, -0.1) is 0 Å². The number of nitriles is 1. The SMILES string of the molecule is N#Cc1ccc(S(=O)(=O)N2CCC(C(=O)N(C3CC3)C3CCCc4ccccc43)CC2)cc1. The number of carbonyl (C=O) groups is 1. The Morgan fingerprint density at radius 2 is 1.67 bits per heavy atom. The maximum absolute atomic E-state index is 13.7. The zero-order chi connectivity index (χ0) is 23.0. The van der Waals surface area contributed by atoms with Crippen LogP contribution in [0.3, 0.4) is 0 Å². The van der Waals surface area contributed by atoms with Gasteiger partial charge in [-0.1, -0.05) is 24.3 Å². The van der Waals surface area contributed by atoms with Gasteiger partial charge in [-0.2, -0.15) is 9.57 Å².